The van der Waals surface area contributed by atoms with E-state index in [-0.39, 0.29) is 17.6 Å². The summed E-state index contributed by atoms with van der Waals surface area (Å²) in [5.41, 5.74) is 1.34. The maximum absolute atomic E-state index is 13.3. The van der Waals surface area contributed by atoms with Crippen molar-refractivity contribution >= 4 is 45.9 Å². The van der Waals surface area contributed by atoms with Crippen LogP contribution in [0.2, 0.25) is 5.02 Å². The topological polar surface area (TPSA) is 96.7 Å². The lowest BCUT2D eigenvalue weighted by Gasteiger charge is -2.27. The number of amides is 2. The minimum absolute atomic E-state index is 0.0272. The van der Waals surface area contributed by atoms with Gasteiger partial charge in [0.15, 0.2) is 0 Å². The Morgan fingerprint density at radius 1 is 1.14 bits per heavy atom. The van der Waals surface area contributed by atoms with Crippen molar-refractivity contribution in [3.8, 4) is 5.75 Å². The van der Waals surface area contributed by atoms with E-state index in [9.17, 15) is 9.59 Å². The number of hydrogen-bond donors (Lipinski definition) is 2. The molecule has 2 N–H and O–H groups in total. The molecule has 8 nitrogen and oxygen atoms in total. The summed E-state index contributed by atoms with van der Waals surface area (Å²) in [5.74, 6) is 0.366. The standard InChI is InChI=1S/C28H33ClN4O4/c1-33(2)14-3-15-36-20-5-6-21-22(16-20)37-25(27(35)31-23-7-4-19(29)17-30-23)24(21)32-26(34)18-8-10-28(11-9-18)12-13-28/h4-7,16-18H,3,8-15H2,1-2H3,(H,32,34)(H,30,31,35). The Labute approximate surface area is 221 Å². The second kappa shape index (κ2) is 10.7. The van der Waals surface area contributed by atoms with Crippen molar-refractivity contribution in [2.45, 2.75) is 44.9 Å². The van der Waals surface area contributed by atoms with E-state index in [1.807, 2.05) is 26.2 Å². The average Bonchev–Trinajstić information content (AvgIpc) is 3.54. The fraction of sp³-hybridized carbons (Fsp3) is 0.464. The summed E-state index contributed by atoms with van der Waals surface area (Å²) in [6.07, 6.45) is 8.86. The van der Waals surface area contributed by atoms with Crippen LogP contribution in [0.5, 0.6) is 5.75 Å². The number of carbonyl (C=O) groups excluding carboxylic acids is 2. The van der Waals surface area contributed by atoms with E-state index < -0.39 is 5.91 Å². The maximum atomic E-state index is 13.3. The van der Waals surface area contributed by atoms with Crippen LogP contribution >= 0.6 is 11.6 Å². The van der Waals surface area contributed by atoms with Crippen LogP contribution in [-0.2, 0) is 4.79 Å². The molecule has 2 aliphatic rings. The van der Waals surface area contributed by atoms with E-state index >= 15 is 0 Å². The lowest BCUT2D eigenvalue weighted by atomic mass is 9.79. The Balaban J connectivity index is 1.37. The van der Waals surface area contributed by atoms with Crippen LogP contribution in [0.1, 0.15) is 55.5 Å². The Hall–Kier alpha value is -3.10. The number of nitrogens with zero attached hydrogens (tertiary/aromatic N) is 2. The van der Waals surface area contributed by atoms with Gasteiger partial charge in [-0.15, -0.1) is 0 Å². The highest BCUT2D eigenvalue weighted by atomic mass is 35.5. The summed E-state index contributed by atoms with van der Waals surface area (Å²) in [4.78, 5) is 32.7. The van der Waals surface area contributed by atoms with Gasteiger partial charge in [0.25, 0.3) is 5.91 Å². The van der Waals surface area contributed by atoms with Crippen LogP contribution in [0.15, 0.2) is 40.9 Å². The molecule has 5 rings (SSSR count). The molecule has 2 aromatic heterocycles. The summed E-state index contributed by atoms with van der Waals surface area (Å²) in [7, 11) is 4.04. The summed E-state index contributed by atoms with van der Waals surface area (Å²) >= 11 is 5.92. The third kappa shape index (κ3) is 6.08. The molecule has 1 spiro atoms. The summed E-state index contributed by atoms with van der Waals surface area (Å²) < 4.78 is 11.9. The van der Waals surface area contributed by atoms with Crippen molar-refractivity contribution in [2.24, 2.45) is 11.3 Å². The number of aromatic nitrogens is 1. The van der Waals surface area contributed by atoms with Gasteiger partial charge in [-0.25, -0.2) is 4.98 Å². The monoisotopic (exact) mass is 524 g/mol. The van der Waals surface area contributed by atoms with Crippen LogP contribution in [0, 0.1) is 11.3 Å². The highest BCUT2D eigenvalue weighted by molar-refractivity contribution is 6.30. The van der Waals surface area contributed by atoms with Gasteiger partial charge in [-0.2, -0.15) is 0 Å². The first-order chi connectivity index (χ1) is 17.8. The molecule has 0 saturated heterocycles. The Morgan fingerprint density at radius 2 is 1.92 bits per heavy atom. The first-order valence-electron chi connectivity index (χ1n) is 12.9. The number of pyridine rings is 1. The predicted octanol–water partition coefficient (Wildman–Crippen LogP) is 5.97. The average molecular weight is 525 g/mol. The molecule has 0 aliphatic heterocycles. The largest absolute Gasteiger partial charge is 0.493 e. The van der Waals surface area contributed by atoms with Crippen molar-refractivity contribution in [1.29, 1.82) is 0 Å². The third-order valence-electron chi connectivity index (χ3n) is 7.48. The molecule has 196 valence electrons. The minimum Gasteiger partial charge on any atom is -0.493 e. The number of furan rings is 1. The zero-order valence-corrected chi connectivity index (χ0v) is 22.1. The molecule has 3 aromatic rings. The third-order valence-corrected chi connectivity index (χ3v) is 7.70. The van der Waals surface area contributed by atoms with E-state index in [1.165, 1.54) is 19.0 Å². The molecule has 2 amide bonds. The smallest absolute Gasteiger partial charge is 0.294 e. The normalized spacial score (nSPS) is 16.8. The second-order valence-electron chi connectivity index (χ2n) is 10.5. The summed E-state index contributed by atoms with van der Waals surface area (Å²) in [6.45, 7) is 1.48. The van der Waals surface area contributed by atoms with E-state index in [0.717, 1.165) is 38.6 Å². The molecule has 1 aromatic carbocycles. The maximum Gasteiger partial charge on any atom is 0.294 e. The molecule has 0 bridgehead atoms. The molecule has 0 radical (unpaired) electrons. The number of hydrogen-bond acceptors (Lipinski definition) is 6. The number of benzene rings is 1. The van der Waals surface area contributed by atoms with E-state index in [2.05, 4.69) is 20.5 Å². The fourth-order valence-corrected chi connectivity index (χ4v) is 5.15. The molecule has 9 heteroatoms. The number of carbonyl (C=O) groups is 2. The second-order valence-corrected chi connectivity index (χ2v) is 11.0. The van der Waals surface area contributed by atoms with Crippen molar-refractivity contribution in [3.63, 3.8) is 0 Å². The molecule has 0 unspecified atom stereocenters. The first kappa shape index (κ1) is 25.5. The van der Waals surface area contributed by atoms with Gasteiger partial charge in [-0.3, -0.25) is 9.59 Å². The van der Waals surface area contributed by atoms with Crippen LogP contribution in [0.4, 0.5) is 11.5 Å². The SMILES string of the molecule is CN(C)CCCOc1ccc2c(NC(=O)C3CCC4(CC3)CC4)c(C(=O)Nc3ccc(Cl)cn3)oc2c1. The highest BCUT2D eigenvalue weighted by Crippen LogP contribution is 2.57. The number of rotatable bonds is 9. The van der Waals surface area contributed by atoms with Crippen LogP contribution in [0.3, 0.4) is 0 Å². The number of nitrogens with one attached hydrogen (secondary N) is 2. The highest BCUT2D eigenvalue weighted by Gasteiger charge is 2.46. The molecular weight excluding hydrogens is 492 g/mol. The van der Waals surface area contributed by atoms with Crippen molar-refractivity contribution in [2.75, 3.05) is 37.9 Å². The van der Waals surface area contributed by atoms with Crippen LogP contribution in [0.25, 0.3) is 11.0 Å². The molecule has 2 heterocycles. The number of halogens is 1. The van der Waals surface area contributed by atoms with E-state index in [0.29, 0.717) is 45.3 Å². The fourth-order valence-electron chi connectivity index (χ4n) is 5.04. The Kier molecular flexibility index (Phi) is 7.40. The van der Waals surface area contributed by atoms with Gasteiger partial charge in [0.2, 0.25) is 11.7 Å². The van der Waals surface area contributed by atoms with E-state index in [1.54, 1.807) is 18.2 Å². The lowest BCUT2D eigenvalue weighted by molar-refractivity contribution is -0.121. The zero-order chi connectivity index (χ0) is 26.0. The van der Waals surface area contributed by atoms with Crippen molar-refractivity contribution in [1.82, 2.24) is 9.88 Å². The Bertz CT molecular complexity index is 1270. The molecule has 2 aliphatic carbocycles. The van der Waals surface area contributed by atoms with Crippen LogP contribution < -0.4 is 15.4 Å². The molecule has 37 heavy (non-hydrogen) atoms. The van der Waals surface area contributed by atoms with Gasteiger partial charge >= 0.3 is 0 Å². The van der Waals surface area contributed by atoms with Gasteiger partial charge in [0.1, 0.15) is 22.8 Å². The summed E-state index contributed by atoms with van der Waals surface area (Å²) in [5, 5.41) is 6.88. The molecule has 2 fully saturated rings. The number of ether oxygens (including phenoxy) is 1. The van der Waals surface area contributed by atoms with E-state index in [4.69, 9.17) is 20.8 Å². The predicted molar refractivity (Wildman–Crippen MR) is 144 cm³/mol. The van der Waals surface area contributed by atoms with Gasteiger partial charge in [0.05, 0.1) is 11.6 Å². The summed E-state index contributed by atoms with van der Waals surface area (Å²) in [6, 6.07) is 8.67. The Morgan fingerprint density at radius 3 is 2.59 bits per heavy atom. The number of fused-ring (bicyclic) bond motifs is 1. The van der Waals surface area contributed by atoms with Crippen molar-refractivity contribution < 1.29 is 18.7 Å². The molecule has 0 atom stereocenters. The quantitative estimate of drug-likeness (QED) is 0.334. The van der Waals surface area contributed by atoms with Gasteiger partial charge in [0, 0.05) is 30.1 Å². The molecular formula is C28H33ClN4O4. The van der Waals surface area contributed by atoms with Gasteiger partial charge in [-0.1, -0.05) is 11.6 Å². The van der Waals surface area contributed by atoms with Gasteiger partial charge in [-0.05, 0) is 88.7 Å². The minimum atomic E-state index is -0.504. The first-order valence-corrected chi connectivity index (χ1v) is 13.3. The zero-order valence-electron chi connectivity index (χ0n) is 21.3. The van der Waals surface area contributed by atoms with Gasteiger partial charge < -0.3 is 24.7 Å². The molecule has 2 saturated carbocycles. The number of anilines is 2. The lowest BCUT2D eigenvalue weighted by Crippen LogP contribution is -2.28. The van der Waals surface area contributed by atoms with Crippen LogP contribution in [-0.4, -0.2) is 48.9 Å². The van der Waals surface area contributed by atoms with Crippen molar-refractivity contribution in [3.05, 3.63) is 47.3 Å².